The van der Waals surface area contributed by atoms with Crippen molar-refractivity contribution in [2.24, 2.45) is 0 Å². The standard InChI is InChI=1S/C14H13FN4/c1-10-6-7-19-13(8-10)17-14(18-19)16-9-11-2-4-12(15)5-3-11/h2-8H,9H2,1H3,(H,16,18). The maximum atomic E-state index is 12.8. The first-order valence-electron chi connectivity index (χ1n) is 6.02. The monoisotopic (exact) mass is 256 g/mol. The van der Waals surface area contributed by atoms with Crippen LogP contribution in [0.3, 0.4) is 0 Å². The van der Waals surface area contributed by atoms with Crippen LogP contribution in [0.15, 0.2) is 42.6 Å². The molecule has 0 aliphatic heterocycles. The van der Waals surface area contributed by atoms with Crippen molar-refractivity contribution < 1.29 is 4.39 Å². The van der Waals surface area contributed by atoms with Gasteiger partial charge in [0.2, 0.25) is 5.95 Å². The number of hydrogen-bond donors (Lipinski definition) is 1. The molecule has 1 aromatic carbocycles. The van der Waals surface area contributed by atoms with E-state index in [9.17, 15) is 4.39 Å². The van der Waals surface area contributed by atoms with Crippen molar-refractivity contribution in [1.82, 2.24) is 14.6 Å². The fraction of sp³-hybridized carbons (Fsp3) is 0.143. The third-order valence-corrected chi connectivity index (χ3v) is 2.86. The van der Waals surface area contributed by atoms with Gasteiger partial charge in [-0.15, -0.1) is 5.10 Å². The lowest BCUT2D eigenvalue weighted by molar-refractivity contribution is 0.627. The van der Waals surface area contributed by atoms with Crippen molar-refractivity contribution in [3.63, 3.8) is 0 Å². The molecule has 0 radical (unpaired) electrons. The van der Waals surface area contributed by atoms with E-state index in [2.05, 4.69) is 15.4 Å². The summed E-state index contributed by atoms with van der Waals surface area (Å²) >= 11 is 0. The number of nitrogens with one attached hydrogen (secondary N) is 1. The molecule has 2 heterocycles. The maximum absolute atomic E-state index is 12.8. The van der Waals surface area contributed by atoms with Crippen molar-refractivity contribution in [3.05, 3.63) is 59.5 Å². The van der Waals surface area contributed by atoms with Gasteiger partial charge >= 0.3 is 0 Å². The zero-order chi connectivity index (χ0) is 13.2. The number of aryl methyl sites for hydroxylation is 1. The highest BCUT2D eigenvalue weighted by Gasteiger charge is 2.03. The van der Waals surface area contributed by atoms with E-state index in [0.717, 1.165) is 16.8 Å². The number of benzene rings is 1. The minimum atomic E-state index is -0.231. The van der Waals surface area contributed by atoms with Crippen LogP contribution in [0.2, 0.25) is 0 Å². The van der Waals surface area contributed by atoms with Crippen LogP contribution < -0.4 is 5.32 Å². The van der Waals surface area contributed by atoms with Crippen LogP contribution in [-0.2, 0) is 6.54 Å². The topological polar surface area (TPSA) is 42.2 Å². The highest BCUT2D eigenvalue weighted by Crippen LogP contribution is 2.09. The Bertz CT molecular complexity index is 703. The Morgan fingerprint density at radius 3 is 2.79 bits per heavy atom. The number of nitrogens with zero attached hydrogens (tertiary/aromatic N) is 3. The fourth-order valence-electron chi connectivity index (χ4n) is 1.84. The van der Waals surface area contributed by atoms with Crippen molar-refractivity contribution in [2.75, 3.05) is 5.32 Å². The maximum Gasteiger partial charge on any atom is 0.243 e. The number of anilines is 1. The summed E-state index contributed by atoms with van der Waals surface area (Å²) < 4.78 is 14.5. The first kappa shape index (κ1) is 11.6. The van der Waals surface area contributed by atoms with Crippen LogP contribution in [0.25, 0.3) is 5.65 Å². The van der Waals surface area contributed by atoms with Gasteiger partial charge < -0.3 is 5.32 Å². The smallest absolute Gasteiger partial charge is 0.243 e. The molecule has 19 heavy (non-hydrogen) atoms. The van der Waals surface area contributed by atoms with Gasteiger partial charge in [-0.1, -0.05) is 12.1 Å². The SMILES string of the molecule is Cc1ccn2nc(NCc3ccc(F)cc3)nc2c1. The zero-order valence-corrected chi connectivity index (χ0v) is 10.5. The quantitative estimate of drug-likeness (QED) is 0.783. The first-order valence-corrected chi connectivity index (χ1v) is 6.02. The summed E-state index contributed by atoms with van der Waals surface area (Å²) in [6.07, 6.45) is 1.88. The Morgan fingerprint density at radius 1 is 1.21 bits per heavy atom. The second kappa shape index (κ2) is 4.68. The molecule has 0 aliphatic rings. The minimum absolute atomic E-state index is 0.231. The van der Waals surface area contributed by atoms with Crippen LogP contribution in [0, 0.1) is 12.7 Å². The van der Waals surface area contributed by atoms with E-state index < -0.39 is 0 Å². The van der Waals surface area contributed by atoms with E-state index in [0.29, 0.717) is 12.5 Å². The summed E-state index contributed by atoms with van der Waals surface area (Å²) in [4.78, 5) is 4.37. The van der Waals surface area contributed by atoms with Gasteiger partial charge in [-0.05, 0) is 42.3 Å². The van der Waals surface area contributed by atoms with E-state index in [-0.39, 0.29) is 5.82 Å². The Hall–Kier alpha value is -2.43. The van der Waals surface area contributed by atoms with Crippen LogP contribution in [0.1, 0.15) is 11.1 Å². The number of hydrogen-bond acceptors (Lipinski definition) is 3. The number of halogens is 1. The van der Waals surface area contributed by atoms with Crippen LogP contribution in [0.4, 0.5) is 10.3 Å². The van der Waals surface area contributed by atoms with E-state index >= 15 is 0 Å². The Labute approximate surface area is 109 Å². The van der Waals surface area contributed by atoms with Gasteiger partial charge in [0.15, 0.2) is 5.65 Å². The third-order valence-electron chi connectivity index (χ3n) is 2.86. The molecule has 0 bridgehead atoms. The molecule has 0 amide bonds. The Kier molecular flexibility index (Phi) is 2.87. The second-order valence-corrected chi connectivity index (χ2v) is 4.42. The fourth-order valence-corrected chi connectivity index (χ4v) is 1.84. The Morgan fingerprint density at radius 2 is 2.00 bits per heavy atom. The molecule has 3 rings (SSSR count). The molecular weight excluding hydrogens is 243 g/mol. The average Bonchev–Trinajstić information content (AvgIpc) is 2.80. The van der Waals surface area contributed by atoms with Gasteiger partial charge in [-0.2, -0.15) is 4.98 Å². The molecule has 0 unspecified atom stereocenters. The number of rotatable bonds is 3. The highest BCUT2D eigenvalue weighted by atomic mass is 19.1. The highest BCUT2D eigenvalue weighted by molar-refractivity contribution is 5.45. The van der Waals surface area contributed by atoms with Crippen LogP contribution in [-0.4, -0.2) is 14.6 Å². The number of fused-ring (bicyclic) bond motifs is 1. The summed E-state index contributed by atoms with van der Waals surface area (Å²) in [5, 5.41) is 7.43. The Balaban J connectivity index is 1.76. The molecule has 5 heteroatoms. The van der Waals surface area contributed by atoms with Gasteiger partial charge in [-0.3, -0.25) is 0 Å². The number of pyridine rings is 1. The molecule has 0 fully saturated rings. The minimum Gasteiger partial charge on any atom is -0.349 e. The summed E-state index contributed by atoms with van der Waals surface area (Å²) in [6, 6.07) is 10.3. The van der Waals surface area contributed by atoms with Crippen LogP contribution >= 0.6 is 0 Å². The van der Waals surface area contributed by atoms with Gasteiger partial charge in [0, 0.05) is 12.7 Å². The van der Waals surface area contributed by atoms with E-state index in [4.69, 9.17) is 0 Å². The molecule has 0 spiro atoms. The summed E-state index contributed by atoms with van der Waals surface area (Å²) in [5.74, 6) is 0.333. The molecule has 1 N–H and O–H groups in total. The lowest BCUT2D eigenvalue weighted by atomic mass is 10.2. The van der Waals surface area contributed by atoms with Crippen molar-refractivity contribution >= 4 is 11.6 Å². The van der Waals surface area contributed by atoms with Gasteiger partial charge in [0.1, 0.15) is 5.82 Å². The van der Waals surface area contributed by atoms with Gasteiger partial charge in [-0.25, -0.2) is 8.91 Å². The lowest BCUT2D eigenvalue weighted by Gasteiger charge is -2.01. The van der Waals surface area contributed by atoms with E-state index in [1.807, 2.05) is 25.3 Å². The molecule has 0 saturated heterocycles. The van der Waals surface area contributed by atoms with Gasteiger partial charge in [0.25, 0.3) is 0 Å². The molecule has 0 aliphatic carbocycles. The van der Waals surface area contributed by atoms with Gasteiger partial charge in [0.05, 0.1) is 0 Å². The molecule has 0 saturated carbocycles. The van der Waals surface area contributed by atoms with E-state index in [1.54, 1.807) is 16.6 Å². The summed E-state index contributed by atoms with van der Waals surface area (Å²) in [7, 11) is 0. The summed E-state index contributed by atoms with van der Waals surface area (Å²) in [6.45, 7) is 2.58. The van der Waals surface area contributed by atoms with E-state index in [1.165, 1.54) is 12.1 Å². The van der Waals surface area contributed by atoms with Crippen molar-refractivity contribution in [3.8, 4) is 0 Å². The normalized spacial score (nSPS) is 10.8. The predicted octanol–water partition coefficient (Wildman–Crippen LogP) is 2.79. The largest absolute Gasteiger partial charge is 0.349 e. The molecule has 0 atom stereocenters. The first-order chi connectivity index (χ1) is 9.20. The average molecular weight is 256 g/mol. The molecule has 3 aromatic rings. The van der Waals surface area contributed by atoms with Crippen molar-refractivity contribution in [2.45, 2.75) is 13.5 Å². The van der Waals surface area contributed by atoms with Crippen molar-refractivity contribution in [1.29, 1.82) is 0 Å². The molecule has 4 nitrogen and oxygen atoms in total. The lowest BCUT2D eigenvalue weighted by Crippen LogP contribution is -2.01. The number of aromatic nitrogens is 3. The molecule has 96 valence electrons. The summed E-state index contributed by atoms with van der Waals surface area (Å²) in [5.41, 5.74) is 2.93. The molecule has 2 aromatic heterocycles. The predicted molar refractivity (Wildman–Crippen MR) is 71.5 cm³/mol. The zero-order valence-electron chi connectivity index (χ0n) is 10.5. The second-order valence-electron chi connectivity index (χ2n) is 4.42. The third kappa shape index (κ3) is 2.54. The molecular formula is C14H13FN4. The van der Waals surface area contributed by atoms with Crippen LogP contribution in [0.5, 0.6) is 0 Å².